The van der Waals surface area contributed by atoms with Gasteiger partial charge < -0.3 is 14.8 Å². The van der Waals surface area contributed by atoms with Gasteiger partial charge in [-0.3, -0.25) is 9.20 Å². The lowest BCUT2D eigenvalue weighted by molar-refractivity contribution is -0.123. The summed E-state index contributed by atoms with van der Waals surface area (Å²) in [5, 5.41) is 2.94. The summed E-state index contributed by atoms with van der Waals surface area (Å²) in [5.41, 5.74) is 0.768. The minimum atomic E-state index is -0.283. The molecule has 3 rings (SSSR count). The zero-order valence-electron chi connectivity index (χ0n) is 12.6. The van der Waals surface area contributed by atoms with Crippen LogP contribution in [0.15, 0.2) is 36.2 Å². The summed E-state index contributed by atoms with van der Waals surface area (Å²) in [5.74, 6) is 1.08. The van der Waals surface area contributed by atoms with Crippen LogP contribution in [-0.2, 0) is 14.3 Å². The third kappa shape index (κ3) is 2.74. The Kier molecular flexibility index (Phi) is 3.95. The first-order valence-electron chi connectivity index (χ1n) is 7.26. The molecule has 0 saturated carbocycles. The Balaban J connectivity index is 1.80. The van der Waals surface area contributed by atoms with Gasteiger partial charge in [0, 0.05) is 18.6 Å². The van der Waals surface area contributed by atoms with E-state index in [-0.39, 0.29) is 17.7 Å². The Morgan fingerprint density at radius 1 is 1.45 bits per heavy atom. The van der Waals surface area contributed by atoms with Crippen molar-refractivity contribution < 1.29 is 14.3 Å². The predicted octanol–water partition coefficient (Wildman–Crippen LogP) is 1.57. The van der Waals surface area contributed by atoms with Crippen molar-refractivity contribution in [2.45, 2.75) is 26.3 Å². The van der Waals surface area contributed by atoms with E-state index >= 15 is 0 Å². The van der Waals surface area contributed by atoms with E-state index in [0.717, 1.165) is 5.69 Å². The van der Waals surface area contributed by atoms with Crippen LogP contribution in [0.4, 0.5) is 0 Å². The number of aromatic nitrogens is 3. The highest BCUT2D eigenvalue weighted by Crippen LogP contribution is 2.19. The zero-order valence-corrected chi connectivity index (χ0v) is 12.6. The first-order chi connectivity index (χ1) is 10.7. The molecule has 1 unspecified atom stereocenters. The number of allylic oxidation sites excluding steroid dienone is 1. The van der Waals surface area contributed by atoms with E-state index in [9.17, 15) is 4.79 Å². The van der Waals surface area contributed by atoms with Crippen molar-refractivity contribution >= 4 is 11.7 Å². The lowest BCUT2D eigenvalue weighted by Gasteiger charge is -2.21. The Morgan fingerprint density at radius 3 is 3.00 bits per heavy atom. The second-order valence-electron chi connectivity index (χ2n) is 5.01. The van der Waals surface area contributed by atoms with E-state index in [4.69, 9.17) is 9.47 Å². The summed E-state index contributed by atoms with van der Waals surface area (Å²) in [6, 6.07) is 1.62. The first-order valence-corrected chi connectivity index (χ1v) is 7.26. The van der Waals surface area contributed by atoms with E-state index in [1.165, 1.54) is 0 Å². The van der Waals surface area contributed by atoms with Crippen molar-refractivity contribution in [3.05, 3.63) is 41.9 Å². The van der Waals surface area contributed by atoms with Crippen LogP contribution in [0.3, 0.4) is 0 Å². The van der Waals surface area contributed by atoms with Crippen molar-refractivity contribution in [1.82, 2.24) is 19.7 Å². The molecule has 1 aliphatic rings. The molecule has 0 fully saturated rings. The van der Waals surface area contributed by atoms with E-state index in [2.05, 4.69) is 15.3 Å². The number of imidazole rings is 1. The molecule has 2 aromatic heterocycles. The highest BCUT2D eigenvalue weighted by atomic mass is 16.6. The van der Waals surface area contributed by atoms with Crippen molar-refractivity contribution in [2.24, 2.45) is 0 Å². The highest BCUT2D eigenvalue weighted by Gasteiger charge is 2.23. The maximum atomic E-state index is 12.3. The summed E-state index contributed by atoms with van der Waals surface area (Å²) in [7, 11) is 0. The van der Waals surface area contributed by atoms with Crippen LogP contribution in [0.25, 0.3) is 5.78 Å². The molecular formula is C15H18N4O3. The molecule has 0 aliphatic carbocycles. The van der Waals surface area contributed by atoms with Crippen molar-refractivity contribution in [2.75, 3.05) is 13.2 Å². The number of carbonyl (C=O) groups is 1. The van der Waals surface area contributed by atoms with Crippen LogP contribution in [0.5, 0.6) is 0 Å². The fourth-order valence-corrected chi connectivity index (χ4v) is 2.36. The summed E-state index contributed by atoms with van der Waals surface area (Å²) in [6.07, 6.45) is 6.14. The normalized spacial score (nSPS) is 16.1. The van der Waals surface area contributed by atoms with E-state index in [1.54, 1.807) is 13.1 Å². The summed E-state index contributed by atoms with van der Waals surface area (Å²) in [4.78, 5) is 21.0. The monoisotopic (exact) mass is 302 g/mol. The molecule has 0 saturated heterocycles. The van der Waals surface area contributed by atoms with Crippen LogP contribution in [0.2, 0.25) is 0 Å². The van der Waals surface area contributed by atoms with Crippen molar-refractivity contribution in [3.63, 3.8) is 0 Å². The molecule has 2 aromatic rings. The highest BCUT2D eigenvalue weighted by molar-refractivity contribution is 5.92. The van der Waals surface area contributed by atoms with E-state index < -0.39 is 0 Å². The molecule has 0 spiro atoms. The van der Waals surface area contributed by atoms with Crippen LogP contribution < -0.4 is 5.32 Å². The maximum absolute atomic E-state index is 12.3. The second-order valence-corrected chi connectivity index (χ2v) is 5.01. The molecule has 0 aromatic carbocycles. The SMILES string of the molecule is CCC(NC(=O)C1=C(C)OCCO1)c1cn2cccnc2n1. The molecule has 1 N–H and O–H groups in total. The lowest BCUT2D eigenvalue weighted by atomic mass is 10.1. The zero-order chi connectivity index (χ0) is 15.5. The Morgan fingerprint density at radius 2 is 2.27 bits per heavy atom. The van der Waals surface area contributed by atoms with Gasteiger partial charge in [-0.15, -0.1) is 0 Å². The number of carbonyl (C=O) groups excluding carboxylic acids is 1. The quantitative estimate of drug-likeness (QED) is 0.927. The molecule has 116 valence electrons. The molecule has 22 heavy (non-hydrogen) atoms. The largest absolute Gasteiger partial charge is 0.491 e. The van der Waals surface area contributed by atoms with Gasteiger partial charge in [0.1, 0.15) is 19.0 Å². The number of hydrogen-bond donors (Lipinski definition) is 1. The van der Waals surface area contributed by atoms with Crippen LogP contribution in [-0.4, -0.2) is 33.5 Å². The fourth-order valence-electron chi connectivity index (χ4n) is 2.36. The second kappa shape index (κ2) is 6.05. The smallest absolute Gasteiger partial charge is 0.290 e. The standard InChI is InChI=1S/C15H18N4O3/c1-3-11(12-9-19-6-4-5-16-15(19)18-12)17-14(20)13-10(2)21-7-8-22-13/h4-6,9,11H,3,7-8H2,1-2H3,(H,17,20). The van der Waals surface area contributed by atoms with Crippen LogP contribution in [0, 0.1) is 0 Å². The Hall–Kier alpha value is -2.57. The van der Waals surface area contributed by atoms with Gasteiger partial charge in [0.2, 0.25) is 11.5 Å². The third-order valence-corrected chi connectivity index (χ3v) is 3.50. The predicted molar refractivity (Wildman–Crippen MR) is 78.8 cm³/mol. The number of nitrogens with zero attached hydrogens (tertiary/aromatic N) is 3. The average molecular weight is 302 g/mol. The third-order valence-electron chi connectivity index (χ3n) is 3.50. The van der Waals surface area contributed by atoms with Crippen LogP contribution >= 0.6 is 0 Å². The number of fused-ring (bicyclic) bond motifs is 1. The summed E-state index contributed by atoms with van der Waals surface area (Å²) in [6.45, 7) is 4.57. The van der Waals surface area contributed by atoms with Gasteiger partial charge in [-0.1, -0.05) is 6.92 Å². The van der Waals surface area contributed by atoms with Gasteiger partial charge in [-0.2, -0.15) is 0 Å². The summed E-state index contributed by atoms with van der Waals surface area (Å²) < 4.78 is 12.6. The number of nitrogens with one attached hydrogen (secondary N) is 1. The first kappa shape index (κ1) is 14.4. The van der Waals surface area contributed by atoms with Gasteiger partial charge in [0.25, 0.3) is 5.91 Å². The lowest BCUT2D eigenvalue weighted by Crippen LogP contribution is -2.33. The Bertz CT molecular complexity index is 689. The van der Waals surface area contributed by atoms with E-state index in [0.29, 0.717) is 31.2 Å². The van der Waals surface area contributed by atoms with E-state index in [1.807, 2.05) is 29.8 Å². The minimum absolute atomic E-state index is 0.208. The van der Waals surface area contributed by atoms with Crippen molar-refractivity contribution in [3.8, 4) is 0 Å². The Labute approximate surface area is 128 Å². The molecule has 1 amide bonds. The van der Waals surface area contributed by atoms with Crippen molar-refractivity contribution in [1.29, 1.82) is 0 Å². The van der Waals surface area contributed by atoms with Crippen LogP contribution in [0.1, 0.15) is 32.0 Å². The fraction of sp³-hybridized carbons (Fsp3) is 0.400. The molecule has 7 heteroatoms. The average Bonchev–Trinajstić information content (AvgIpc) is 2.96. The van der Waals surface area contributed by atoms with Gasteiger partial charge >= 0.3 is 0 Å². The van der Waals surface area contributed by atoms with Gasteiger partial charge in [0.15, 0.2) is 0 Å². The number of ether oxygens (including phenoxy) is 2. The topological polar surface area (TPSA) is 77.8 Å². The molecular weight excluding hydrogens is 284 g/mol. The van der Waals surface area contributed by atoms with Gasteiger partial charge in [0.05, 0.1) is 11.7 Å². The molecule has 3 heterocycles. The number of hydrogen-bond acceptors (Lipinski definition) is 5. The molecule has 1 aliphatic heterocycles. The van der Waals surface area contributed by atoms with Gasteiger partial charge in [-0.25, -0.2) is 9.97 Å². The maximum Gasteiger partial charge on any atom is 0.290 e. The minimum Gasteiger partial charge on any atom is -0.491 e. The molecule has 1 atom stereocenters. The van der Waals surface area contributed by atoms with Gasteiger partial charge in [-0.05, 0) is 19.4 Å². The number of rotatable bonds is 4. The summed E-state index contributed by atoms with van der Waals surface area (Å²) >= 11 is 0. The molecule has 7 nitrogen and oxygen atoms in total. The molecule has 0 bridgehead atoms. The number of amides is 1. The molecule has 0 radical (unpaired) electrons.